The van der Waals surface area contributed by atoms with E-state index in [0.29, 0.717) is 12.0 Å². The lowest BCUT2D eigenvalue weighted by Crippen LogP contribution is -2.60. The van der Waals surface area contributed by atoms with E-state index >= 15 is 0 Å². The van der Waals surface area contributed by atoms with Gasteiger partial charge in [-0.25, -0.2) is 0 Å². The smallest absolute Gasteiger partial charge is 0.252 e. The summed E-state index contributed by atoms with van der Waals surface area (Å²) in [6.07, 6.45) is 1.86. The fraction of sp³-hybridized carbons (Fsp3) is 0.650. The topological polar surface area (TPSA) is 84.5 Å². The van der Waals surface area contributed by atoms with Crippen LogP contribution in [0.4, 0.5) is 0 Å². The monoisotopic (exact) mass is 394 g/mol. The molecule has 0 radical (unpaired) electrons. The average Bonchev–Trinajstić information content (AvgIpc) is 3.26. The van der Waals surface area contributed by atoms with E-state index in [-0.39, 0.29) is 29.6 Å². The summed E-state index contributed by atoms with van der Waals surface area (Å²) in [4.78, 5) is 37.9. The fourth-order valence-corrected chi connectivity index (χ4v) is 3.77. The average molecular weight is 395 g/mol. The highest BCUT2D eigenvalue weighted by atomic mass is 32.1. The summed E-state index contributed by atoms with van der Waals surface area (Å²) >= 11 is 1.43. The van der Waals surface area contributed by atoms with Crippen LogP contribution in [-0.2, 0) is 14.3 Å². The predicted molar refractivity (Wildman–Crippen MR) is 106 cm³/mol. The summed E-state index contributed by atoms with van der Waals surface area (Å²) in [6, 6.07) is 1.01. The number of rotatable bonds is 8. The Bertz CT molecular complexity index is 684. The number of amides is 2. The molecule has 1 fully saturated rings. The number of ether oxygens (including phenoxy) is 1. The molecule has 0 aliphatic carbocycles. The number of ketones is 1. The van der Waals surface area contributed by atoms with Crippen molar-refractivity contribution < 1.29 is 19.1 Å². The molecule has 2 rings (SSSR count). The van der Waals surface area contributed by atoms with E-state index in [4.69, 9.17) is 4.74 Å². The summed E-state index contributed by atoms with van der Waals surface area (Å²) in [5.74, 6) is -0.780. The van der Waals surface area contributed by atoms with E-state index in [2.05, 4.69) is 31.4 Å². The number of Topliss-reactive ketones (excluding diaryl/α,β-unsaturated/α-hetero) is 1. The molecule has 150 valence electrons. The first-order valence-corrected chi connectivity index (χ1v) is 10.4. The Labute approximate surface area is 165 Å². The minimum absolute atomic E-state index is 0.00842. The second-order valence-electron chi connectivity index (χ2n) is 7.83. The second-order valence-corrected chi connectivity index (χ2v) is 8.61. The molecule has 1 unspecified atom stereocenters. The molecule has 2 amide bonds. The van der Waals surface area contributed by atoms with E-state index in [1.54, 1.807) is 25.3 Å². The molecule has 0 bridgehead atoms. The van der Waals surface area contributed by atoms with Gasteiger partial charge in [-0.2, -0.15) is 11.3 Å². The Morgan fingerprint density at radius 3 is 2.56 bits per heavy atom. The van der Waals surface area contributed by atoms with Crippen LogP contribution in [0, 0.1) is 5.41 Å². The third-order valence-electron chi connectivity index (χ3n) is 6.05. The maximum absolute atomic E-state index is 13.1. The number of hydrogen-bond acceptors (Lipinski definition) is 5. The minimum atomic E-state index is -1.07. The van der Waals surface area contributed by atoms with Gasteiger partial charge in [0.15, 0.2) is 5.78 Å². The van der Waals surface area contributed by atoms with E-state index in [9.17, 15) is 14.4 Å². The van der Waals surface area contributed by atoms with Gasteiger partial charge >= 0.3 is 0 Å². The SMILES string of the molecule is CCC(C)(CC)CC(NC(=O)c1ccsc1)C(=O)N[C@@]1(C)C(=O)CO[C@@H]1C. The Balaban J connectivity index is 2.21. The summed E-state index contributed by atoms with van der Waals surface area (Å²) in [6.45, 7) is 9.71. The molecule has 3 atom stereocenters. The first-order chi connectivity index (χ1) is 12.6. The van der Waals surface area contributed by atoms with Crippen LogP contribution >= 0.6 is 11.3 Å². The highest BCUT2D eigenvalue weighted by Gasteiger charge is 2.47. The van der Waals surface area contributed by atoms with E-state index in [1.165, 1.54) is 11.3 Å². The fourth-order valence-electron chi connectivity index (χ4n) is 3.13. The van der Waals surface area contributed by atoms with Gasteiger partial charge in [-0.15, -0.1) is 0 Å². The number of thiophene rings is 1. The van der Waals surface area contributed by atoms with Crippen LogP contribution < -0.4 is 10.6 Å². The molecule has 0 aromatic carbocycles. The van der Waals surface area contributed by atoms with Crippen molar-refractivity contribution in [2.75, 3.05) is 6.61 Å². The van der Waals surface area contributed by atoms with Crippen molar-refractivity contribution in [3.05, 3.63) is 22.4 Å². The highest BCUT2D eigenvalue weighted by molar-refractivity contribution is 7.08. The van der Waals surface area contributed by atoms with Gasteiger partial charge in [0.1, 0.15) is 18.2 Å². The Hall–Kier alpha value is -1.73. The number of carbonyl (C=O) groups excluding carboxylic acids is 3. The van der Waals surface area contributed by atoms with Crippen molar-refractivity contribution in [3.63, 3.8) is 0 Å². The van der Waals surface area contributed by atoms with Crippen LogP contribution in [0.15, 0.2) is 16.8 Å². The minimum Gasteiger partial charge on any atom is -0.368 e. The maximum atomic E-state index is 13.1. The number of hydrogen-bond donors (Lipinski definition) is 2. The largest absolute Gasteiger partial charge is 0.368 e. The molecule has 0 spiro atoms. The molecule has 7 heteroatoms. The first kappa shape index (κ1) is 21.6. The molecular weight excluding hydrogens is 364 g/mol. The Morgan fingerprint density at radius 1 is 1.41 bits per heavy atom. The quantitative estimate of drug-likeness (QED) is 0.710. The van der Waals surface area contributed by atoms with E-state index in [1.807, 2.05) is 5.38 Å². The van der Waals surface area contributed by atoms with Crippen LogP contribution in [0.5, 0.6) is 0 Å². The predicted octanol–water partition coefficient (Wildman–Crippen LogP) is 2.93. The van der Waals surface area contributed by atoms with Gasteiger partial charge in [0.05, 0.1) is 11.7 Å². The van der Waals surface area contributed by atoms with E-state index in [0.717, 1.165) is 12.8 Å². The lowest BCUT2D eigenvalue weighted by molar-refractivity contribution is -0.131. The van der Waals surface area contributed by atoms with Gasteiger partial charge in [0.2, 0.25) is 5.91 Å². The molecular formula is C20H30N2O4S. The molecule has 6 nitrogen and oxygen atoms in total. The zero-order valence-electron chi connectivity index (χ0n) is 16.8. The van der Waals surface area contributed by atoms with Gasteiger partial charge in [-0.3, -0.25) is 14.4 Å². The van der Waals surface area contributed by atoms with Gasteiger partial charge < -0.3 is 15.4 Å². The third-order valence-corrected chi connectivity index (χ3v) is 6.73. The van der Waals surface area contributed by atoms with Crippen LogP contribution in [-0.4, -0.2) is 41.9 Å². The molecule has 0 saturated carbocycles. The molecule has 1 aromatic heterocycles. The maximum Gasteiger partial charge on any atom is 0.252 e. The molecule has 27 heavy (non-hydrogen) atoms. The van der Waals surface area contributed by atoms with Crippen LogP contribution in [0.3, 0.4) is 0 Å². The standard InChI is InChI=1S/C20H30N2O4S/c1-6-19(4,7-2)10-15(21-17(24)14-8-9-27-12-14)18(25)22-20(5)13(3)26-11-16(20)23/h8-9,12-13,15H,6-7,10-11H2,1-5H3,(H,21,24)(H,22,25)/t13-,15?,20-/m1/s1. The van der Waals surface area contributed by atoms with Crippen molar-refractivity contribution >= 4 is 28.9 Å². The third kappa shape index (κ3) is 4.76. The normalized spacial score (nSPS) is 23.9. The molecule has 1 aliphatic heterocycles. The van der Waals surface area contributed by atoms with Gasteiger partial charge in [0.25, 0.3) is 5.91 Å². The summed E-state index contributed by atoms with van der Waals surface area (Å²) < 4.78 is 5.39. The van der Waals surface area contributed by atoms with Crippen LogP contribution in [0.25, 0.3) is 0 Å². The van der Waals surface area contributed by atoms with Crippen molar-refractivity contribution in [2.45, 2.75) is 71.6 Å². The van der Waals surface area contributed by atoms with Gasteiger partial charge in [-0.05, 0) is 37.1 Å². The summed E-state index contributed by atoms with van der Waals surface area (Å²) in [7, 11) is 0. The van der Waals surface area contributed by atoms with Crippen molar-refractivity contribution in [1.82, 2.24) is 10.6 Å². The molecule has 1 aromatic rings. The zero-order valence-corrected chi connectivity index (χ0v) is 17.6. The van der Waals surface area contributed by atoms with Crippen molar-refractivity contribution in [3.8, 4) is 0 Å². The van der Waals surface area contributed by atoms with Gasteiger partial charge in [-0.1, -0.05) is 33.6 Å². The first-order valence-electron chi connectivity index (χ1n) is 9.45. The Morgan fingerprint density at radius 2 is 2.07 bits per heavy atom. The molecule has 2 N–H and O–H groups in total. The van der Waals surface area contributed by atoms with E-state index < -0.39 is 17.7 Å². The van der Waals surface area contributed by atoms with Crippen LogP contribution in [0.2, 0.25) is 0 Å². The number of carbonyl (C=O) groups is 3. The molecule has 2 heterocycles. The van der Waals surface area contributed by atoms with Crippen molar-refractivity contribution in [2.24, 2.45) is 5.41 Å². The Kier molecular flexibility index (Phi) is 6.81. The lowest BCUT2D eigenvalue weighted by Gasteiger charge is -2.34. The summed E-state index contributed by atoms with van der Waals surface area (Å²) in [5.41, 5.74) is -0.628. The van der Waals surface area contributed by atoms with Crippen molar-refractivity contribution in [1.29, 1.82) is 0 Å². The molecule has 1 saturated heterocycles. The second kappa shape index (κ2) is 8.52. The summed E-state index contributed by atoms with van der Waals surface area (Å²) in [5, 5.41) is 9.29. The lowest BCUT2D eigenvalue weighted by atomic mass is 9.78. The van der Waals surface area contributed by atoms with Crippen LogP contribution in [0.1, 0.15) is 64.2 Å². The number of nitrogens with one attached hydrogen (secondary N) is 2. The molecule has 1 aliphatic rings. The zero-order chi connectivity index (χ0) is 20.2. The van der Waals surface area contributed by atoms with Gasteiger partial charge in [0, 0.05) is 5.38 Å². The highest BCUT2D eigenvalue weighted by Crippen LogP contribution is 2.32.